The van der Waals surface area contributed by atoms with Crippen LogP contribution in [0.25, 0.3) is 55.8 Å². The number of hydrogen-bond donors (Lipinski definition) is 5. The van der Waals surface area contributed by atoms with Gasteiger partial charge in [0.2, 0.25) is 10.0 Å². The summed E-state index contributed by atoms with van der Waals surface area (Å²) in [4.78, 5) is 21.3. The zero-order valence-electron chi connectivity index (χ0n) is 24.2. The predicted molar refractivity (Wildman–Crippen MR) is 172 cm³/mol. The van der Waals surface area contributed by atoms with E-state index in [1.54, 1.807) is 37.1 Å². The van der Waals surface area contributed by atoms with Gasteiger partial charge in [0, 0.05) is 47.4 Å². The van der Waals surface area contributed by atoms with Gasteiger partial charge in [0.1, 0.15) is 11.5 Å². The van der Waals surface area contributed by atoms with Crippen molar-refractivity contribution in [1.82, 2.24) is 39.8 Å². The maximum Gasteiger partial charge on any atom is 0.209 e. The molecule has 7 rings (SSSR count). The Morgan fingerprint density at radius 1 is 0.935 bits per heavy atom. The summed E-state index contributed by atoms with van der Waals surface area (Å²) in [5.74, 6) is -0.0438. The van der Waals surface area contributed by atoms with Crippen molar-refractivity contribution in [3.05, 3.63) is 109 Å². The van der Waals surface area contributed by atoms with Crippen LogP contribution in [-0.2, 0) is 16.6 Å². The lowest BCUT2D eigenvalue weighted by molar-refractivity contribution is 0.208. The Kier molecular flexibility index (Phi) is 7.44. The largest absolute Gasteiger partial charge is 0.369 e. The van der Waals surface area contributed by atoms with Crippen molar-refractivity contribution in [2.45, 2.75) is 12.8 Å². The first-order chi connectivity index (χ1) is 22.2. The average Bonchev–Trinajstić information content (AvgIpc) is 3.68. The van der Waals surface area contributed by atoms with Gasteiger partial charge < -0.3 is 15.4 Å². The number of aliphatic hydroxyl groups excluding tert-OH is 1. The molecule has 46 heavy (non-hydrogen) atoms. The molecule has 230 valence electrons. The van der Waals surface area contributed by atoms with Gasteiger partial charge in [0.15, 0.2) is 17.7 Å². The smallest absolute Gasteiger partial charge is 0.209 e. The van der Waals surface area contributed by atoms with Crippen molar-refractivity contribution in [1.29, 1.82) is 0 Å². The Morgan fingerprint density at radius 3 is 2.57 bits per heavy atom. The topological polar surface area (TPSA) is 174 Å². The van der Waals surface area contributed by atoms with E-state index in [4.69, 9.17) is 4.98 Å². The first-order valence-electron chi connectivity index (χ1n) is 14.1. The Bertz CT molecular complexity index is 2330. The molecule has 0 saturated carbocycles. The molecule has 5 N–H and O–H groups in total. The number of hydrogen-bond acceptors (Lipinski definition) is 9. The van der Waals surface area contributed by atoms with Crippen LogP contribution < -0.4 is 10.0 Å². The summed E-state index contributed by atoms with van der Waals surface area (Å²) in [6.07, 6.45) is 8.39. The monoisotopic (exact) mass is 635 g/mol. The van der Waals surface area contributed by atoms with Gasteiger partial charge in [-0.3, -0.25) is 15.1 Å². The molecule has 0 amide bonds. The van der Waals surface area contributed by atoms with Gasteiger partial charge in [0.05, 0.1) is 40.8 Å². The molecule has 0 saturated heterocycles. The number of aliphatic hydroxyl groups is 1. The minimum Gasteiger partial charge on any atom is -0.369 e. The Balaban J connectivity index is 1.22. The molecule has 0 fully saturated rings. The van der Waals surface area contributed by atoms with Crippen molar-refractivity contribution >= 4 is 37.8 Å². The number of anilines is 1. The summed E-state index contributed by atoms with van der Waals surface area (Å²) in [5, 5.41) is 21.8. The van der Waals surface area contributed by atoms with Crippen LogP contribution in [0, 0.1) is 5.82 Å². The lowest BCUT2D eigenvalue weighted by Crippen LogP contribution is -2.21. The van der Waals surface area contributed by atoms with Crippen LogP contribution in [0.5, 0.6) is 0 Å². The van der Waals surface area contributed by atoms with E-state index in [0.717, 1.165) is 22.9 Å². The molecule has 2 aromatic carbocycles. The molecule has 0 aliphatic rings. The van der Waals surface area contributed by atoms with E-state index in [1.165, 1.54) is 12.1 Å². The van der Waals surface area contributed by atoms with Gasteiger partial charge in [-0.2, -0.15) is 5.10 Å². The molecule has 1 atom stereocenters. The molecule has 1 unspecified atom stereocenters. The van der Waals surface area contributed by atoms with Crippen molar-refractivity contribution in [2.24, 2.45) is 0 Å². The van der Waals surface area contributed by atoms with Gasteiger partial charge in [-0.25, -0.2) is 27.5 Å². The maximum absolute atomic E-state index is 14.6. The summed E-state index contributed by atoms with van der Waals surface area (Å²) >= 11 is 0. The summed E-state index contributed by atoms with van der Waals surface area (Å²) < 4.78 is 40.1. The van der Waals surface area contributed by atoms with Crippen LogP contribution in [0.15, 0.2) is 91.6 Å². The third-order valence-corrected chi connectivity index (χ3v) is 8.01. The highest BCUT2D eigenvalue weighted by Crippen LogP contribution is 2.33. The van der Waals surface area contributed by atoms with E-state index >= 15 is 0 Å². The second-order valence-electron chi connectivity index (χ2n) is 10.7. The number of fused-ring (bicyclic) bond motifs is 2. The van der Waals surface area contributed by atoms with E-state index in [0.29, 0.717) is 56.0 Å². The Labute approximate surface area is 261 Å². The Hall–Kier alpha value is -5.57. The number of halogens is 1. The number of benzene rings is 2. The lowest BCUT2D eigenvalue weighted by atomic mass is 10.0. The van der Waals surface area contributed by atoms with Gasteiger partial charge in [0.25, 0.3) is 0 Å². The SMILES string of the molecule is CS(=O)(=O)NCc1cc(F)cc(-c2cncc3[nH]c(-c4[nH]nc5ncc(-c6cncc(NC(O)c7ccccc7)c6)cc45)nc23)c1. The zero-order valence-corrected chi connectivity index (χ0v) is 25.0. The second kappa shape index (κ2) is 11.7. The fraction of sp³-hybridized carbons (Fsp3) is 0.0938. The van der Waals surface area contributed by atoms with E-state index in [1.807, 2.05) is 42.5 Å². The number of nitrogens with zero attached hydrogens (tertiary/aromatic N) is 5. The summed E-state index contributed by atoms with van der Waals surface area (Å²) in [5.41, 5.74) is 6.64. The van der Waals surface area contributed by atoms with E-state index < -0.39 is 22.1 Å². The molecule has 5 heterocycles. The average molecular weight is 636 g/mol. The number of aromatic amines is 2. The normalized spacial score (nSPS) is 12.5. The highest BCUT2D eigenvalue weighted by atomic mass is 32.2. The number of nitrogens with one attached hydrogen (secondary N) is 4. The third kappa shape index (κ3) is 6.04. The van der Waals surface area contributed by atoms with E-state index in [2.05, 4.69) is 40.2 Å². The van der Waals surface area contributed by atoms with Gasteiger partial charge >= 0.3 is 0 Å². The summed E-state index contributed by atoms with van der Waals surface area (Å²) in [6.45, 7) is -0.0591. The number of H-pyrrole nitrogens is 2. The van der Waals surface area contributed by atoms with Crippen LogP contribution in [-0.4, -0.2) is 54.9 Å². The molecule has 0 spiro atoms. The molecule has 14 heteroatoms. The third-order valence-electron chi connectivity index (χ3n) is 7.34. The number of rotatable bonds is 9. The Morgan fingerprint density at radius 2 is 1.74 bits per heavy atom. The molecule has 0 radical (unpaired) electrons. The van der Waals surface area contributed by atoms with Crippen LogP contribution >= 0.6 is 0 Å². The van der Waals surface area contributed by atoms with Gasteiger partial charge in [-0.15, -0.1) is 0 Å². The fourth-order valence-electron chi connectivity index (χ4n) is 5.18. The van der Waals surface area contributed by atoms with Gasteiger partial charge in [-0.1, -0.05) is 30.3 Å². The van der Waals surface area contributed by atoms with Crippen LogP contribution in [0.1, 0.15) is 17.4 Å². The fourth-order valence-corrected chi connectivity index (χ4v) is 5.61. The number of imidazole rings is 1. The van der Waals surface area contributed by atoms with E-state index in [-0.39, 0.29) is 6.54 Å². The highest BCUT2D eigenvalue weighted by molar-refractivity contribution is 7.88. The van der Waals surface area contributed by atoms with Crippen molar-refractivity contribution in [2.75, 3.05) is 11.6 Å². The minimum absolute atomic E-state index is 0.0591. The van der Waals surface area contributed by atoms with Crippen molar-refractivity contribution in [3.63, 3.8) is 0 Å². The van der Waals surface area contributed by atoms with Crippen LogP contribution in [0.2, 0.25) is 0 Å². The highest BCUT2D eigenvalue weighted by Gasteiger charge is 2.18. The number of sulfonamides is 1. The van der Waals surface area contributed by atoms with Crippen LogP contribution in [0.4, 0.5) is 10.1 Å². The summed E-state index contributed by atoms with van der Waals surface area (Å²) in [7, 11) is -3.46. The standard InChI is InChI=1S/C32H26FN9O3S/c1-46(44,45)37-12-18-7-20(9-23(33)8-18)26-16-35-17-27-28(26)40-31(39-27)29-25-11-22(14-36-30(25)42-41-29)21-10-24(15-34-13-21)38-32(43)19-5-3-2-4-6-19/h2-11,13-17,32,37-38,43H,12H2,1H3,(H,39,40)(H,36,41,42). The van der Waals surface area contributed by atoms with Gasteiger partial charge in [-0.05, 0) is 41.5 Å². The lowest BCUT2D eigenvalue weighted by Gasteiger charge is -2.15. The molecule has 0 aliphatic carbocycles. The van der Waals surface area contributed by atoms with Crippen LogP contribution in [0.3, 0.4) is 0 Å². The zero-order chi connectivity index (χ0) is 31.8. The first-order valence-corrected chi connectivity index (χ1v) is 16.0. The molecule has 12 nitrogen and oxygen atoms in total. The maximum atomic E-state index is 14.6. The van der Waals surface area contributed by atoms with E-state index in [9.17, 15) is 17.9 Å². The minimum atomic E-state index is -3.46. The number of pyridine rings is 3. The second-order valence-corrected chi connectivity index (χ2v) is 12.6. The summed E-state index contributed by atoms with van der Waals surface area (Å²) in [6, 6.07) is 17.4. The predicted octanol–water partition coefficient (Wildman–Crippen LogP) is 4.92. The molecule has 0 aliphatic heterocycles. The number of aromatic nitrogens is 7. The molecule has 5 aromatic heterocycles. The van der Waals surface area contributed by atoms with Crippen molar-refractivity contribution < 1.29 is 17.9 Å². The first kappa shape index (κ1) is 29.2. The van der Waals surface area contributed by atoms with Crippen molar-refractivity contribution in [3.8, 4) is 33.8 Å². The molecular weight excluding hydrogens is 609 g/mol. The molecule has 0 bridgehead atoms. The molecule has 7 aromatic rings. The quantitative estimate of drug-likeness (QED) is 0.138. The molecular formula is C32H26FN9O3S.